The van der Waals surface area contributed by atoms with E-state index in [0.717, 1.165) is 30.1 Å². The third kappa shape index (κ3) is 2.19. The standard InChI is InChI=1S/C18H25NO/c1-12-5-7-14-3-2-4-17(18(14)19-12)20-11-16-10-13-6-8-15(16)9-13/h2-4,12-13,15-16,19H,5-11H2,1H3. The van der Waals surface area contributed by atoms with Crippen LogP contribution < -0.4 is 10.1 Å². The van der Waals surface area contributed by atoms with Crippen molar-refractivity contribution < 1.29 is 4.74 Å². The van der Waals surface area contributed by atoms with Crippen LogP contribution in [0.15, 0.2) is 18.2 Å². The first-order chi connectivity index (χ1) is 9.79. The predicted molar refractivity (Wildman–Crippen MR) is 82.3 cm³/mol. The lowest BCUT2D eigenvalue weighted by Crippen LogP contribution is -2.23. The van der Waals surface area contributed by atoms with E-state index in [1.807, 2.05) is 0 Å². The third-order valence-corrected chi connectivity index (χ3v) is 5.69. The Balaban J connectivity index is 1.46. The van der Waals surface area contributed by atoms with Crippen LogP contribution >= 0.6 is 0 Å². The summed E-state index contributed by atoms with van der Waals surface area (Å²) in [5.41, 5.74) is 2.68. The molecule has 1 aromatic rings. The molecule has 2 heteroatoms. The molecule has 0 spiro atoms. The molecule has 0 aromatic heterocycles. The van der Waals surface area contributed by atoms with Crippen LogP contribution in [0, 0.1) is 17.8 Å². The first kappa shape index (κ1) is 12.6. The molecule has 0 saturated heterocycles. The minimum Gasteiger partial charge on any atom is -0.491 e. The lowest BCUT2D eigenvalue weighted by molar-refractivity contribution is 0.195. The molecule has 2 nitrogen and oxygen atoms in total. The molecule has 2 aliphatic carbocycles. The summed E-state index contributed by atoms with van der Waals surface area (Å²) in [4.78, 5) is 0. The highest BCUT2D eigenvalue weighted by molar-refractivity contribution is 5.63. The van der Waals surface area contributed by atoms with Gasteiger partial charge in [-0.1, -0.05) is 18.6 Å². The molecule has 1 heterocycles. The molecule has 2 fully saturated rings. The first-order valence-corrected chi connectivity index (χ1v) is 8.31. The molecule has 0 amide bonds. The van der Waals surface area contributed by atoms with Crippen LogP contribution in [-0.2, 0) is 6.42 Å². The number of ether oxygens (including phenoxy) is 1. The lowest BCUT2D eigenvalue weighted by Gasteiger charge is -2.27. The Hall–Kier alpha value is -1.18. The number of rotatable bonds is 3. The fourth-order valence-electron chi connectivity index (χ4n) is 4.54. The molecule has 2 bridgehead atoms. The van der Waals surface area contributed by atoms with Crippen molar-refractivity contribution >= 4 is 5.69 Å². The van der Waals surface area contributed by atoms with Gasteiger partial charge in [0.05, 0.1) is 12.3 Å². The minimum absolute atomic E-state index is 0.565. The zero-order chi connectivity index (χ0) is 13.5. The van der Waals surface area contributed by atoms with Crippen LogP contribution in [0.1, 0.15) is 44.6 Å². The number of hydrogen-bond donors (Lipinski definition) is 1. The largest absolute Gasteiger partial charge is 0.491 e. The number of hydrogen-bond acceptors (Lipinski definition) is 2. The van der Waals surface area contributed by atoms with Crippen molar-refractivity contribution in [3.05, 3.63) is 23.8 Å². The molecule has 108 valence electrons. The summed E-state index contributed by atoms with van der Waals surface area (Å²) in [7, 11) is 0. The fraction of sp³-hybridized carbons (Fsp3) is 0.667. The van der Waals surface area contributed by atoms with Gasteiger partial charge in [-0.3, -0.25) is 0 Å². The summed E-state index contributed by atoms with van der Waals surface area (Å²) in [5, 5.41) is 3.61. The van der Waals surface area contributed by atoms with Gasteiger partial charge >= 0.3 is 0 Å². The second-order valence-corrected chi connectivity index (χ2v) is 7.12. The van der Waals surface area contributed by atoms with Gasteiger partial charge in [-0.15, -0.1) is 0 Å². The zero-order valence-electron chi connectivity index (χ0n) is 12.4. The van der Waals surface area contributed by atoms with Gasteiger partial charge in [-0.05, 0) is 68.4 Å². The van der Waals surface area contributed by atoms with E-state index < -0.39 is 0 Å². The second kappa shape index (κ2) is 4.98. The number of fused-ring (bicyclic) bond motifs is 3. The maximum absolute atomic E-state index is 6.23. The molecule has 4 atom stereocenters. The molecule has 0 radical (unpaired) electrons. The van der Waals surface area contributed by atoms with E-state index >= 15 is 0 Å². The summed E-state index contributed by atoms with van der Waals surface area (Å²) >= 11 is 0. The highest BCUT2D eigenvalue weighted by Crippen LogP contribution is 2.48. The van der Waals surface area contributed by atoms with Crippen molar-refractivity contribution in [1.29, 1.82) is 0 Å². The Morgan fingerprint density at radius 2 is 2.15 bits per heavy atom. The van der Waals surface area contributed by atoms with E-state index in [4.69, 9.17) is 4.74 Å². The predicted octanol–water partition coefficient (Wildman–Crippen LogP) is 4.25. The highest BCUT2D eigenvalue weighted by atomic mass is 16.5. The molecular formula is C18H25NO. The Bertz CT molecular complexity index is 498. The topological polar surface area (TPSA) is 21.3 Å². The number of anilines is 1. The molecule has 1 aliphatic heterocycles. The van der Waals surface area contributed by atoms with E-state index in [-0.39, 0.29) is 0 Å². The van der Waals surface area contributed by atoms with Crippen molar-refractivity contribution in [2.24, 2.45) is 17.8 Å². The van der Waals surface area contributed by atoms with Gasteiger partial charge in [0.25, 0.3) is 0 Å². The first-order valence-electron chi connectivity index (χ1n) is 8.31. The number of nitrogens with one attached hydrogen (secondary N) is 1. The van der Waals surface area contributed by atoms with E-state index in [1.54, 1.807) is 0 Å². The smallest absolute Gasteiger partial charge is 0.142 e. The van der Waals surface area contributed by atoms with Crippen molar-refractivity contribution in [1.82, 2.24) is 0 Å². The normalized spacial score (nSPS) is 34.6. The molecule has 1 aromatic carbocycles. The van der Waals surface area contributed by atoms with E-state index in [9.17, 15) is 0 Å². The van der Waals surface area contributed by atoms with Gasteiger partial charge in [-0.2, -0.15) is 0 Å². The van der Waals surface area contributed by atoms with Crippen LogP contribution in [0.4, 0.5) is 5.69 Å². The summed E-state index contributed by atoms with van der Waals surface area (Å²) < 4.78 is 6.23. The second-order valence-electron chi connectivity index (χ2n) is 7.12. The summed E-state index contributed by atoms with van der Waals surface area (Å²) in [6.07, 6.45) is 8.19. The average Bonchev–Trinajstić information content (AvgIpc) is 3.07. The SMILES string of the molecule is CC1CCc2cccc(OCC3CC4CCC3C4)c2N1. The quantitative estimate of drug-likeness (QED) is 0.887. The van der Waals surface area contributed by atoms with Crippen LogP contribution in [0.3, 0.4) is 0 Å². The van der Waals surface area contributed by atoms with Crippen LogP contribution in [0.2, 0.25) is 0 Å². The molecular weight excluding hydrogens is 246 g/mol. The van der Waals surface area contributed by atoms with Crippen LogP contribution in [0.5, 0.6) is 5.75 Å². The maximum atomic E-state index is 6.23. The van der Waals surface area contributed by atoms with Gasteiger partial charge < -0.3 is 10.1 Å². The minimum atomic E-state index is 0.565. The Labute approximate surface area is 121 Å². The van der Waals surface area contributed by atoms with Gasteiger partial charge in [-0.25, -0.2) is 0 Å². The fourth-order valence-corrected chi connectivity index (χ4v) is 4.54. The number of benzene rings is 1. The van der Waals surface area contributed by atoms with Gasteiger partial charge in [0, 0.05) is 6.04 Å². The van der Waals surface area contributed by atoms with E-state index in [0.29, 0.717) is 6.04 Å². The molecule has 2 saturated carbocycles. The van der Waals surface area contributed by atoms with Crippen molar-refractivity contribution in [2.75, 3.05) is 11.9 Å². The summed E-state index contributed by atoms with van der Waals surface area (Å²) in [6, 6.07) is 7.08. The third-order valence-electron chi connectivity index (χ3n) is 5.69. The highest BCUT2D eigenvalue weighted by Gasteiger charge is 2.39. The molecule has 1 N–H and O–H groups in total. The molecule has 4 unspecified atom stereocenters. The number of aryl methyl sites for hydroxylation is 1. The average molecular weight is 271 g/mol. The van der Waals surface area contributed by atoms with Gasteiger partial charge in [0.2, 0.25) is 0 Å². The van der Waals surface area contributed by atoms with Crippen LogP contribution in [0.25, 0.3) is 0 Å². The van der Waals surface area contributed by atoms with Gasteiger partial charge in [0.15, 0.2) is 0 Å². The van der Waals surface area contributed by atoms with Crippen molar-refractivity contribution in [2.45, 2.75) is 51.5 Å². The summed E-state index contributed by atoms with van der Waals surface area (Å²) in [5.74, 6) is 3.85. The monoisotopic (exact) mass is 271 g/mol. The molecule has 20 heavy (non-hydrogen) atoms. The van der Waals surface area contributed by atoms with Crippen molar-refractivity contribution in [3.63, 3.8) is 0 Å². The number of para-hydroxylation sites is 1. The zero-order valence-corrected chi connectivity index (χ0v) is 12.4. The van der Waals surface area contributed by atoms with E-state index in [2.05, 4.69) is 30.4 Å². The molecule has 4 rings (SSSR count). The van der Waals surface area contributed by atoms with E-state index in [1.165, 1.54) is 49.8 Å². The summed E-state index contributed by atoms with van der Waals surface area (Å²) in [6.45, 7) is 3.18. The maximum Gasteiger partial charge on any atom is 0.142 e. The Morgan fingerprint density at radius 3 is 2.95 bits per heavy atom. The lowest BCUT2D eigenvalue weighted by atomic mass is 9.89. The molecule has 3 aliphatic rings. The van der Waals surface area contributed by atoms with Crippen molar-refractivity contribution in [3.8, 4) is 5.75 Å². The Morgan fingerprint density at radius 1 is 1.20 bits per heavy atom. The van der Waals surface area contributed by atoms with Gasteiger partial charge in [0.1, 0.15) is 5.75 Å². The van der Waals surface area contributed by atoms with Crippen LogP contribution in [-0.4, -0.2) is 12.6 Å². The Kier molecular flexibility index (Phi) is 3.13.